The van der Waals surface area contributed by atoms with Crippen molar-refractivity contribution in [3.05, 3.63) is 11.1 Å². The van der Waals surface area contributed by atoms with Crippen LogP contribution in [0, 0.1) is 0 Å². The zero-order chi connectivity index (χ0) is 11.1. The molecule has 7 nitrogen and oxygen atoms in total. The first-order chi connectivity index (χ1) is 6.14. The molecule has 0 spiro atoms. The number of nitrogens with zero attached hydrogens (tertiary/aromatic N) is 1. The van der Waals surface area contributed by atoms with E-state index in [1.165, 1.54) is 0 Å². The second-order valence-electron chi connectivity index (χ2n) is 2.50. The van der Waals surface area contributed by atoms with Crippen molar-refractivity contribution in [2.75, 3.05) is 6.26 Å². The third-order valence-corrected chi connectivity index (χ3v) is 4.70. The maximum atomic E-state index is 11.1. The second-order valence-corrected chi connectivity index (χ2v) is 6.40. The Morgan fingerprint density at radius 1 is 1.50 bits per heavy atom. The van der Waals surface area contributed by atoms with Crippen molar-refractivity contribution >= 4 is 30.0 Å². The molecule has 0 aliphatic carbocycles. The Balaban J connectivity index is 3.44. The van der Waals surface area contributed by atoms with Crippen LogP contribution in [0.15, 0.2) is 16.1 Å². The number of hydrogen-bond donors (Lipinski definition) is 1. The normalized spacial score (nSPS) is 20.1. The molecule has 0 radical (unpaired) electrons. The smallest absolute Gasteiger partial charge is 0.355 e. The van der Waals surface area contributed by atoms with Gasteiger partial charge >= 0.3 is 5.97 Å². The fraction of sp³-hybridized carbons (Fsp3) is 0.200. The van der Waals surface area contributed by atoms with E-state index in [0.717, 1.165) is 0 Å². The van der Waals surface area contributed by atoms with E-state index >= 15 is 0 Å². The lowest BCUT2D eigenvalue weighted by atomic mass is 10.5. The van der Waals surface area contributed by atoms with Gasteiger partial charge in [0, 0.05) is 6.26 Å². The first kappa shape index (κ1) is 10.9. The molecule has 0 saturated carbocycles. The summed E-state index contributed by atoms with van der Waals surface area (Å²) in [6.07, 6.45) is 0.641. The van der Waals surface area contributed by atoms with Crippen LogP contribution in [0.3, 0.4) is 0 Å². The number of sulfone groups is 2. The van der Waals surface area contributed by atoms with Crippen LogP contribution in [0.2, 0.25) is 0 Å². The molecule has 0 aromatic heterocycles. The Morgan fingerprint density at radius 3 is 2.21 bits per heavy atom. The second kappa shape index (κ2) is 2.89. The number of carbonyl (C=O) groups is 1. The lowest BCUT2D eigenvalue weighted by molar-refractivity contribution is -0.132. The largest absolute Gasteiger partial charge is 0.476 e. The summed E-state index contributed by atoms with van der Waals surface area (Å²) in [6.45, 7) is 0. The van der Waals surface area contributed by atoms with Crippen molar-refractivity contribution in [2.45, 2.75) is 0 Å². The Hall–Kier alpha value is -1.22. The maximum Gasteiger partial charge on any atom is 0.355 e. The molecular weight excluding hydrogens is 234 g/mol. The fourth-order valence-corrected chi connectivity index (χ4v) is 3.65. The molecule has 0 saturated heterocycles. The average molecular weight is 239 g/mol. The molecule has 78 valence electrons. The first-order valence-electron chi connectivity index (χ1n) is 3.13. The lowest BCUT2D eigenvalue weighted by Gasteiger charge is -1.93. The van der Waals surface area contributed by atoms with Crippen LogP contribution in [0.5, 0.6) is 0 Å². The molecule has 0 aromatic carbocycles. The molecule has 0 aromatic rings. The number of carboxylic acid groups (broad SMARTS) is 1. The minimum atomic E-state index is -4.22. The summed E-state index contributed by atoms with van der Waals surface area (Å²) < 4.78 is 42.8. The van der Waals surface area contributed by atoms with Gasteiger partial charge in [-0.1, -0.05) is 0 Å². The quantitative estimate of drug-likeness (QED) is 0.610. The summed E-state index contributed by atoms with van der Waals surface area (Å²) in [5.74, 6) is -1.59. The van der Waals surface area contributed by atoms with Gasteiger partial charge in [-0.15, -0.1) is 0 Å². The molecule has 9 heteroatoms. The van der Waals surface area contributed by atoms with Gasteiger partial charge in [0.05, 0.1) is 5.41 Å². The summed E-state index contributed by atoms with van der Waals surface area (Å²) in [4.78, 5) is 13.3. The molecule has 1 aliphatic rings. The number of carboxylic acids is 1. The highest BCUT2D eigenvalue weighted by Gasteiger charge is 2.35. The van der Waals surface area contributed by atoms with Crippen LogP contribution in [-0.4, -0.2) is 38.5 Å². The molecule has 0 fully saturated rings. The van der Waals surface area contributed by atoms with E-state index in [4.69, 9.17) is 5.11 Å². The van der Waals surface area contributed by atoms with E-state index < -0.39 is 35.7 Å². The van der Waals surface area contributed by atoms with Crippen molar-refractivity contribution in [2.24, 2.45) is 4.99 Å². The molecule has 0 bridgehead atoms. The number of rotatable bonds is 1. The van der Waals surface area contributed by atoms with Crippen molar-refractivity contribution in [3.63, 3.8) is 0 Å². The van der Waals surface area contributed by atoms with Crippen molar-refractivity contribution in [1.82, 2.24) is 0 Å². The number of aliphatic imine (C=N–C) groups is 1. The average Bonchev–Trinajstić information content (AvgIpc) is 2.24. The Kier molecular flexibility index (Phi) is 2.24. The maximum absolute atomic E-state index is 11.1. The van der Waals surface area contributed by atoms with E-state index in [-0.39, 0.29) is 0 Å². The third-order valence-electron chi connectivity index (χ3n) is 1.26. The van der Waals surface area contributed by atoms with Crippen molar-refractivity contribution in [3.8, 4) is 0 Å². The predicted molar refractivity (Wildman–Crippen MR) is 46.9 cm³/mol. The van der Waals surface area contributed by atoms with Gasteiger partial charge in [0.2, 0.25) is 19.7 Å². The molecule has 1 rings (SSSR count). The fourth-order valence-electron chi connectivity index (χ4n) is 0.778. The van der Waals surface area contributed by atoms with E-state index in [2.05, 4.69) is 4.99 Å². The minimum absolute atomic E-state index is 0.311. The van der Waals surface area contributed by atoms with Gasteiger partial charge in [-0.3, -0.25) is 0 Å². The zero-order valence-electron chi connectivity index (χ0n) is 6.83. The standard InChI is InChI=1S/C5H5NO6S2/c1-13(9,10)5-6-3(4(7)8)2-14(5,11)12/h2H,1H3,(H,7,8). The monoisotopic (exact) mass is 239 g/mol. The Morgan fingerprint density at radius 2 is 2.00 bits per heavy atom. The van der Waals surface area contributed by atoms with Crippen LogP contribution in [0.1, 0.15) is 0 Å². The van der Waals surface area contributed by atoms with E-state index in [1.807, 2.05) is 0 Å². The highest BCUT2D eigenvalue weighted by atomic mass is 32.3. The zero-order valence-corrected chi connectivity index (χ0v) is 8.46. The molecular formula is C5H5NO6S2. The van der Waals surface area contributed by atoms with Crippen molar-refractivity contribution < 1.29 is 26.7 Å². The van der Waals surface area contributed by atoms with Gasteiger partial charge in [-0.25, -0.2) is 26.6 Å². The summed E-state index contributed by atoms with van der Waals surface area (Å²) in [7, 11) is -8.25. The van der Waals surface area contributed by atoms with Gasteiger partial charge in [-0.05, 0) is 0 Å². The van der Waals surface area contributed by atoms with Crippen LogP contribution in [0.25, 0.3) is 0 Å². The highest BCUT2D eigenvalue weighted by molar-refractivity contribution is 8.32. The summed E-state index contributed by atoms with van der Waals surface area (Å²) in [5.41, 5.74) is -0.801. The Bertz CT molecular complexity index is 549. The van der Waals surface area contributed by atoms with Crippen LogP contribution in [0.4, 0.5) is 0 Å². The predicted octanol–water partition coefficient (Wildman–Crippen LogP) is -1.26. The van der Waals surface area contributed by atoms with Crippen LogP contribution < -0.4 is 0 Å². The third kappa shape index (κ3) is 1.82. The molecule has 0 unspecified atom stereocenters. The molecule has 0 amide bonds. The van der Waals surface area contributed by atoms with Gasteiger partial charge in [0.25, 0.3) is 4.38 Å². The van der Waals surface area contributed by atoms with E-state index in [0.29, 0.717) is 11.7 Å². The summed E-state index contributed by atoms with van der Waals surface area (Å²) in [6, 6.07) is 0. The SMILES string of the molecule is CS(=O)(=O)C1=NC(C(=O)O)=CS1(=O)=O. The van der Waals surface area contributed by atoms with Crippen LogP contribution in [-0.2, 0) is 24.5 Å². The van der Waals surface area contributed by atoms with Crippen molar-refractivity contribution in [1.29, 1.82) is 0 Å². The molecule has 14 heavy (non-hydrogen) atoms. The molecule has 0 atom stereocenters. The van der Waals surface area contributed by atoms with E-state index in [1.54, 1.807) is 0 Å². The minimum Gasteiger partial charge on any atom is -0.476 e. The molecule has 1 N–H and O–H groups in total. The topological polar surface area (TPSA) is 118 Å². The molecule has 1 heterocycles. The van der Waals surface area contributed by atoms with Gasteiger partial charge in [-0.2, -0.15) is 0 Å². The Labute approximate surface area is 79.6 Å². The number of hydrogen-bond acceptors (Lipinski definition) is 6. The van der Waals surface area contributed by atoms with Crippen LogP contribution >= 0.6 is 0 Å². The summed E-state index contributed by atoms with van der Waals surface area (Å²) >= 11 is 0. The summed E-state index contributed by atoms with van der Waals surface area (Å²) in [5, 5.41) is 8.71. The number of aliphatic carboxylic acids is 1. The van der Waals surface area contributed by atoms with Gasteiger partial charge in [0.1, 0.15) is 0 Å². The van der Waals surface area contributed by atoms with Gasteiger partial charge in [0.15, 0.2) is 5.70 Å². The molecule has 1 aliphatic heterocycles. The first-order valence-corrected chi connectivity index (χ1v) is 6.57. The highest BCUT2D eigenvalue weighted by Crippen LogP contribution is 2.17. The van der Waals surface area contributed by atoms with E-state index in [9.17, 15) is 21.6 Å². The lowest BCUT2D eigenvalue weighted by Crippen LogP contribution is -2.19. The van der Waals surface area contributed by atoms with Gasteiger partial charge < -0.3 is 5.11 Å².